The Kier molecular flexibility index (Phi) is 3.70. The zero-order valence-electron chi connectivity index (χ0n) is 11.3. The molecule has 0 spiro atoms. The minimum absolute atomic E-state index is 0.0878. The topological polar surface area (TPSA) is 37.8 Å². The molecule has 0 radical (unpaired) electrons. The molecule has 2 rings (SSSR count). The van der Waals surface area contributed by atoms with Crippen LogP contribution in [0.1, 0.15) is 36.6 Å². The molecule has 0 saturated carbocycles. The van der Waals surface area contributed by atoms with Crippen molar-refractivity contribution in [2.24, 2.45) is 0 Å². The van der Waals surface area contributed by atoms with E-state index in [-0.39, 0.29) is 5.56 Å². The maximum Gasteiger partial charge on any atom is 0.274 e. The maximum atomic E-state index is 12.3. The summed E-state index contributed by atoms with van der Waals surface area (Å²) in [4.78, 5) is 12.3. The van der Waals surface area contributed by atoms with Crippen molar-refractivity contribution in [3.63, 3.8) is 0 Å². The molecule has 3 nitrogen and oxygen atoms in total. The van der Waals surface area contributed by atoms with E-state index < -0.39 is 0 Å². The highest BCUT2D eigenvalue weighted by molar-refractivity contribution is 5.35. The van der Waals surface area contributed by atoms with Crippen LogP contribution in [0.5, 0.6) is 0 Å². The van der Waals surface area contributed by atoms with Crippen LogP contribution >= 0.6 is 0 Å². The Hall–Kier alpha value is -1.77. The Morgan fingerprint density at radius 3 is 2.44 bits per heavy atom. The quantitative estimate of drug-likeness (QED) is 0.881. The van der Waals surface area contributed by atoms with Crippen molar-refractivity contribution < 1.29 is 0 Å². The molecule has 0 saturated heterocycles. The van der Waals surface area contributed by atoms with Crippen LogP contribution in [0.4, 0.5) is 0 Å². The van der Waals surface area contributed by atoms with Gasteiger partial charge in [-0.25, -0.2) is 4.68 Å². The van der Waals surface area contributed by atoms with Crippen molar-refractivity contribution >= 4 is 0 Å². The molecule has 0 aliphatic rings. The normalized spacial score (nSPS) is 10.8. The van der Waals surface area contributed by atoms with Gasteiger partial charge in [-0.1, -0.05) is 31.0 Å². The Balaban J connectivity index is 2.40. The van der Waals surface area contributed by atoms with Gasteiger partial charge in [-0.2, -0.15) is 0 Å². The molecule has 0 amide bonds. The number of aromatic amines is 1. The van der Waals surface area contributed by atoms with E-state index in [9.17, 15) is 4.79 Å². The second kappa shape index (κ2) is 5.25. The maximum absolute atomic E-state index is 12.3. The minimum Gasteiger partial charge on any atom is -0.295 e. The van der Waals surface area contributed by atoms with E-state index in [1.54, 1.807) is 4.68 Å². The fraction of sp³-hybridized carbons (Fsp3) is 0.400. The van der Waals surface area contributed by atoms with Gasteiger partial charge in [0, 0.05) is 11.3 Å². The van der Waals surface area contributed by atoms with E-state index in [1.165, 1.54) is 5.56 Å². The molecule has 1 heterocycles. The number of H-pyrrole nitrogens is 1. The summed E-state index contributed by atoms with van der Waals surface area (Å²) in [5, 5.41) is 3.16. The molecule has 1 N–H and O–H groups in total. The van der Waals surface area contributed by atoms with Crippen LogP contribution in [0.2, 0.25) is 0 Å². The first-order chi connectivity index (χ1) is 8.63. The first-order valence-corrected chi connectivity index (χ1v) is 6.51. The summed E-state index contributed by atoms with van der Waals surface area (Å²) in [7, 11) is 0. The molecule has 1 aromatic heterocycles. The first kappa shape index (κ1) is 12.7. The van der Waals surface area contributed by atoms with Crippen LogP contribution < -0.4 is 5.56 Å². The number of nitrogens with one attached hydrogen (secondary N) is 1. The lowest BCUT2D eigenvalue weighted by Crippen LogP contribution is -2.17. The fourth-order valence-electron chi connectivity index (χ4n) is 2.10. The SMILES string of the molecule is CCCCc1c(C)[nH]n(-c2ccc(C)cc2)c1=O. The molecule has 1 aromatic carbocycles. The summed E-state index contributed by atoms with van der Waals surface area (Å²) in [6.07, 6.45) is 3.02. The second-order valence-corrected chi connectivity index (χ2v) is 4.80. The Morgan fingerprint density at radius 2 is 1.83 bits per heavy atom. The van der Waals surface area contributed by atoms with Crippen molar-refractivity contribution in [3.8, 4) is 5.69 Å². The largest absolute Gasteiger partial charge is 0.295 e. The molecule has 2 aromatic rings. The lowest BCUT2D eigenvalue weighted by Gasteiger charge is -2.01. The molecule has 0 aliphatic heterocycles. The molecule has 0 bridgehead atoms. The highest BCUT2D eigenvalue weighted by atomic mass is 16.1. The molecule has 0 unspecified atom stereocenters. The van der Waals surface area contributed by atoms with E-state index >= 15 is 0 Å². The Labute approximate surface area is 107 Å². The van der Waals surface area contributed by atoms with Crippen LogP contribution in [-0.2, 0) is 6.42 Å². The van der Waals surface area contributed by atoms with Crippen molar-refractivity contribution in [2.45, 2.75) is 40.0 Å². The third kappa shape index (κ3) is 2.40. The van der Waals surface area contributed by atoms with Crippen molar-refractivity contribution in [1.29, 1.82) is 0 Å². The van der Waals surface area contributed by atoms with Crippen molar-refractivity contribution in [2.75, 3.05) is 0 Å². The Bertz CT molecular complexity index is 576. The van der Waals surface area contributed by atoms with Crippen LogP contribution in [-0.4, -0.2) is 9.78 Å². The van der Waals surface area contributed by atoms with Gasteiger partial charge in [0.2, 0.25) is 0 Å². The number of rotatable bonds is 4. The van der Waals surface area contributed by atoms with E-state index in [1.807, 2.05) is 38.1 Å². The molecule has 3 heteroatoms. The van der Waals surface area contributed by atoms with Gasteiger partial charge >= 0.3 is 0 Å². The number of hydrogen-bond donors (Lipinski definition) is 1. The summed E-state index contributed by atoms with van der Waals surface area (Å²) in [6.45, 7) is 6.15. The standard InChI is InChI=1S/C15H20N2O/c1-4-5-6-14-12(3)16-17(15(14)18)13-9-7-11(2)8-10-13/h7-10,16H,4-6H2,1-3H3. The zero-order chi connectivity index (χ0) is 13.1. The fourth-order valence-corrected chi connectivity index (χ4v) is 2.10. The predicted molar refractivity (Wildman–Crippen MR) is 74.5 cm³/mol. The van der Waals surface area contributed by atoms with Crippen molar-refractivity contribution in [3.05, 3.63) is 51.4 Å². The average Bonchev–Trinajstić information content (AvgIpc) is 2.64. The highest BCUT2D eigenvalue weighted by Gasteiger charge is 2.11. The summed E-state index contributed by atoms with van der Waals surface area (Å²) < 4.78 is 1.64. The van der Waals surface area contributed by atoms with Crippen LogP contribution in [0.15, 0.2) is 29.1 Å². The van der Waals surface area contributed by atoms with Gasteiger partial charge in [0.05, 0.1) is 5.69 Å². The van der Waals surface area contributed by atoms with Gasteiger partial charge in [0.15, 0.2) is 0 Å². The molecule has 96 valence electrons. The molecule has 0 fully saturated rings. The molecule has 18 heavy (non-hydrogen) atoms. The summed E-state index contributed by atoms with van der Waals surface area (Å²) in [5.74, 6) is 0. The molecule has 0 atom stereocenters. The highest BCUT2D eigenvalue weighted by Crippen LogP contribution is 2.10. The number of nitrogens with zero attached hydrogens (tertiary/aromatic N) is 1. The molecular formula is C15H20N2O. The third-order valence-electron chi connectivity index (χ3n) is 3.27. The van der Waals surface area contributed by atoms with E-state index in [0.29, 0.717) is 0 Å². The third-order valence-corrected chi connectivity index (χ3v) is 3.27. The second-order valence-electron chi connectivity index (χ2n) is 4.80. The zero-order valence-corrected chi connectivity index (χ0v) is 11.3. The van der Waals surface area contributed by atoms with Gasteiger partial charge < -0.3 is 0 Å². The van der Waals surface area contributed by atoms with E-state index in [2.05, 4.69) is 12.0 Å². The monoisotopic (exact) mass is 244 g/mol. The molecule has 0 aliphatic carbocycles. The number of aromatic nitrogens is 2. The number of unbranched alkanes of at least 4 members (excludes halogenated alkanes) is 1. The molecular weight excluding hydrogens is 224 g/mol. The lowest BCUT2D eigenvalue weighted by atomic mass is 10.1. The Morgan fingerprint density at radius 1 is 1.17 bits per heavy atom. The van der Waals surface area contributed by atoms with Gasteiger partial charge in [-0.05, 0) is 38.8 Å². The summed E-state index contributed by atoms with van der Waals surface area (Å²) >= 11 is 0. The average molecular weight is 244 g/mol. The van der Waals surface area contributed by atoms with Crippen molar-refractivity contribution in [1.82, 2.24) is 9.78 Å². The lowest BCUT2D eigenvalue weighted by molar-refractivity contribution is 0.785. The van der Waals surface area contributed by atoms with Crippen LogP contribution in [0.25, 0.3) is 5.69 Å². The summed E-state index contributed by atoms with van der Waals surface area (Å²) in [6, 6.07) is 7.97. The number of hydrogen-bond acceptors (Lipinski definition) is 1. The van der Waals surface area contributed by atoms with Gasteiger partial charge in [0.1, 0.15) is 0 Å². The minimum atomic E-state index is 0.0878. The smallest absolute Gasteiger partial charge is 0.274 e. The number of benzene rings is 1. The predicted octanol–water partition coefficient (Wildman–Crippen LogP) is 3.13. The van der Waals surface area contributed by atoms with E-state index in [0.717, 1.165) is 36.2 Å². The van der Waals surface area contributed by atoms with Gasteiger partial charge in [-0.15, -0.1) is 0 Å². The summed E-state index contributed by atoms with van der Waals surface area (Å²) in [5.41, 5.74) is 4.08. The van der Waals surface area contributed by atoms with Crippen LogP contribution in [0, 0.1) is 13.8 Å². The van der Waals surface area contributed by atoms with Gasteiger partial charge in [0.25, 0.3) is 5.56 Å². The van der Waals surface area contributed by atoms with E-state index in [4.69, 9.17) is 0 Å². The van der Waals surface area contributed by atoms with Crippen LogP contribution in [0.3, 0.4) is 0 Å². The van der Waals surface area contributed by atoms with Gasteiger partial charge in [-0.3, -0.25) is 9.89 Å². The first-order valence-electron chi connectivity index (χ1n) is 6.51. The number of aryl methyl sites for hydroxylation is 2.